The van der Waals surface area contributed by atoms with Crippen molar-refractivity contribution in [1.29, 1.82) is 0 Å². The topological polar surface area (TPSA) is 39.2 Å². The van der Waals surface area contributed by atoms with Gasteiger partial charge < -0.3 is 4.74 Å². The number of rotatable bonds is 4. The van der Waals surface area contributed by atoms with Crippen LogP contribution in [0.1, 0.15) is 29.5 Å². The maximum atomic E-state index is 10.6. The first-order valence-electron chi connectivity index (χ1n) is 4.33. The minimum atomic E-state index is 0.383. The first-order chi connectivity index (χ1) is 6.27. The third-order valence-corrected chi connectivity index (χ3v) is 1.60. The largest absolute Gasteiger partial charge is 0.491 e. The lowest BCUT2D eigenvalue weighted by Crippen LogP contribution is -2.00. The van der Waals surface area contributed by atoms with Crippen molar-refractivity contribution in [2.75, 3.05) is 6.61 Å². The molecule has 0 spiro atoms. The van der Waals surface area contributed by atoms with E-state index in [1.165, 1.54) is 0 Å². The number of carbonyl (C=O) groups is 1. The molecular formula is C10H13NO2. The van der Waals surface area contributed by atoms with E-state index in [2.05, 4.69) is 4.98 Å². The van der Waals surface area contributed by atoms with Crippen LogP contribution in [0.3, 0.4) is 0 Å². The lowest BCUT2D eigenvalue weighted by Gasteiger charge is -2.06. The zero-order valence-corrected chi connectivity index (χ0v) is 7.91. The first kappa shape index (κ1) is 9.71. The van der Waals surface area contributed by atoms with E-state index in [1.54, 1.807) is 6.07 Å². The molecule has 3 nitrogen and oxygen atoms in total. The maximum Gasteiger partial charge on any atom is 0.172 e. The van der Waals surface area contributed by atoms with Gasteiger partial charge in [-0.25, -0.2) is 4.98 Å². The second kappa shape index (κ2) is 4.60. The van der Waals surface area contributed by atoms with Crippen LogP contribution in [0.5, 0.6) is 5.75 Å². The van der Waals surface area contributed by atoms with Crippen LogP contribution in [0.2, 0.25) is 0 Å². The van der Waals surface area contributed by atoms with Gasteiger partial charge >= 0.3 is 0 Å². The number of carbonyl (C=O) groups excluding carboxylic acids is 1. The molecule has 0 amide bonds. The Kier molecular flexibility index (Phi) is 3.43. The van der Waals surface area contributed by atoms with Gasteiger partial charge in [0.2, 0.25) is 0 Å². The van der Waals surface area contributed by atoms with Crippen molar-refractivity contribution in [3.63, 3.8) is 0 Å². The van der Waals surface area contributed by atoms with Gasteiger partial charge in [0.25, 0.3) is 0 Å². The summed E-state index contributed by atoms with van der Waals surface area (Å²) in [5, 5.41) is 0. The van der Waals surface area contributed by atoms with E-state index in [9.17, 15) is 4.79 Å². The maximum absolute atomic E-state index is 10.6. The zero-order valence-electron chi connectivity index (χ0n) is 7.91. The van der Waals surface area contributed by atoms with Crippen molar-refractivity contribution in [1.82, 2.24) is 4.98 Å². The van der Waals surface area contributed by atoms with E-state index in [0.717, 1.165) is 18.4 Å². The van der Waals surface area contributed by atoms with Gasteiger partial charge in [0.1, 0.15) is 11.4 Å². The summed E-state index contributed by atoms with van der Waals surface area (Å²) < 4.78 is 5.34. The van der Waals surface area contributed by atoms with Gasteiger partial charge in [-0.05, 0) is 25.5 Å². The number of pyridine rings is 1. The molecule has 0 unspecified atom stereocenters. The number of hydrogen-bond donors (Lipinski definition) is 0. The fourth-order valence-corrected chi connectivity index (χ4v) is 0.983. The molecule has 3 heteroatoms. The standard InChI is InChI=1S/C10H13NO2/c1-3-6-13-10-5-4-8(2)11-9(10)7-12/h4-5,7H,3,6H2,1-2H3. The molecule has 0 N–H and O–H groups in total. The molecular weight excluding hydrogens is 166 g/mol. The highest BCUT2D eigenvalue weighted by atomic mass is 16.5. The van der Waals surface area contributed by atoms with E-state index >= 15 is 0 Å². The van der Waals surface area contributed by atoms with Crippen LogP contribution in [0, 0.1) is 6.92 Å². The average Bonchev–Trinajstić information content (AvgIpc) is 2.16. The van der Waals surface area contributed by atoms with Crippen molar-refractivity contribution in [2.24, 2.45) is 0 Å². The molecule has 1 aromatic heterocycles. The van der Waals surface area contributed by atoms with Crippen molar-refractivity contribution >= 4 is 6.29 Å². The van der Waals surface area contributed by atoms with E-state index in [4.69, 9.17) is 4.74 Å². The molecule has 1 heterocycles. The predicted molar refractivity (Wildman–Crippen MR) is 50.1 cm³/mol. The van der Waals surface area contributed by atoms with Crippen molar-refractivity contribution in [3.8, 4) is 5.75 Å². The molecule has 0 saturated carbocycles. The van der Waals surface area contributed by atoms with Gasteiger partial charge in [-0.1, -0.05) is 6.92 Å². The van der Waals surface area contributed by atoms with Crippen molar-refractivity contribution in [2.45, 2.75) is 20.3 Å². The fraction of sp³-hybridized carbons (Fsp3) is 0.400. The molecule has 1 aromatic rings. The van der Waals surface area contributed by atoms with Gasteiger partial charge in [0.05, 0.1) is 6.61 Å². The molecule has 0 atom stereocenters. The molecule has 70 valence electrons. The lowest BCUT2D eigenvalue weighted by molar-refractivity contribution is 0.111. The number of hydrogen-bond acceptors (Lipinski definition) is 3. The third-order valence-electron chi connectivity index (χ3n) is 1.60. The summed E-state index contributed by atoms with van der Waals surface area (Å²) >= 11 is 0. The summed E-state index contributed by atoms with van der Waals surface area (Å²) in [7, 11) is 0. The summed E-state index contributed by atoms with van der Waals surface area (Å²) in [6, 6.07) is 3.61. The smallest absolute Gasteiger partial charge is 0.172 e. The van der Waals surface area contributed by atoms with E-state index < -0.39 is 0 Å². The molecule has 0 saturated heterocycles. The SMILES string of the molecule is CCCOc1ccc(C)nc1C=O. The first-order valence-corrected chi connectivity index (χ1v) is 4.33. The van der Waals surface area contributed by atoms with E-state index in [-0.39, 0.29) is 0 Å². The quantitative estimate of drug-likeness (QED) is 0.663. The molecule has 0 fully saturated rings. The second-order valence-corrected chi connectivity index (χ2v) is 2.80. The Morgan fingerprint density at radius 2 is 2.31 bits per heavy atom. The van der Waals surface area contributed by atoms with Crippen LogP contribution < -0.4 is 4.74 Å². The number of nitrogens with zero attached hydrogens (tertiary/aromatic N) is 1. The Balaban J connectivity index is 2.86. The van der Waals surface area contributed by atoms with Gasteiger partial charge in [-0.3, -0.25) is 4.79 Å². The summed E-state index contributed by atoms with van der Waals surface area (Å²) in [6.07, 6.45) is 1.64. The predicted octanol–water partition coefficient (Wildman–Crippen LogP) is 1.99. The van der Waals surface area contributed by atoms with Gasteiger partial charge in [0.15, 0.2) is 6.29 Å². The summed E-state index contributed by atoms with van der Waals surface area (Å²) in [5.74, 6) is 0.572. The third kappa shape index (κ3) is 2.54. The van der Waals surface area contributed by atoms with Crippen molar-refractivity contribution < 1.29 is 9.53 Å². The summed E-state index contributed by atoms with van der Waals surface area (Å²) in [4.78, 5) is 14.7. The minimum absolute atomic E-state index is 0.383. The second-order valence-electron chi connectivity index (χ2n) is 2.80. The van der Waals surface area contributed by atoms with Gasteiger partial charge in [0, 0.05) is 5.69 Å². The van der Waals surface area contributed by atoms with Crippen LogP contribution in [0.25, 0.3) is 0 Å². The monoisotopic (exact) mass is 179 g/mol. The van der Waals surface area contributed by atoms with Crippen LogP contribution >= 0.6 is 0 Å². The molecule has 0 aliphatic rings. The molecule has 13 heavy (non-hydrogen) atoms. The Hall–Kier alpha value is -1.38. The van der Waals surface area contributed by atoms with Crippen LogP contribution in [-0.2, 0) is 0 Å². The minimum Gasteiger partial charge on any atom is -0.491 e. The summed E-state index contributed by atoms with van der Waals surface area (Å²) in [6.45, 7) is 4.48. The van der Waals surface area contributed by atoms with Crippen LogP contribution in [0.15, 0.2) is 12.1 Å². The molecule has 0 radical (unpaired) electrons. The van der Waals surface area contributed by atoms with E-state index in [1.807, 2.05) is 19.9 Å². The number of aldehydes is 1. The molecule has 0 aliphatic carbocycles. The highest BCUT2D eigenvalue weighted by molar-refractivity contribution is 5.76. The number of aromatic nitrogens is 1. The number of aryl methyl sites for hydroxylation is 1. The van der Waals surface area contributed by atoms with Crippen LogP contribution in [0.4, 0.5) is 0 Å². The molecule has 0 bridgehead atoms. The summed E-state index contributed by atoms with van der Waals surface area (Å²) in [5.41, 5.74) is 1.21. The Morgan fingerprint density at radius 3 is 2.92 bits per heavy atom. The zero-order chi connectivity index (χ0) is 9.68. The van der Waals surface area contributed by atoms with Gasteiger partial charge in [-0.15, -0.1) is 0 Å². The number of ether oxygens (including phenoxy) is 1. The highest BCUT2D eigenvalue weighted by Gasteiger charge is 2.03. The average molecular weight is 179 g/mol. The Labute approximate surface area is 77.8 Å². The lowest BCUT2D eigenvalue weighted by atomic mass is 10.3. The van der Waals surface area contributed by atoms with Crippen molar-refractivity contribution in [3.05, 3.63) is 23.5 Å². The van der Waals surface area contributed by atoms with Crippen LogP contribution in [-0.4, -0.2) is 17.9 Å². The van der Waals surface area contributed by atoms with E-state index in [0.29, 0.717) is 18.1 Å². The van der Waals surface area contributed by atoms with Gasteiger partial charge in [-0.2, -0.15) is 0 Å². The Bertz CT molecular complexity index is 297. The highest BCUT2D eigenvalue weighted by Crippen LogP contribution is 2.14. The molecule has 0 aliphatic heterocycles. The molecule has 1 rings (SSSR count). The fourth-order valence-electron chi connectivity index (χ4n) is 0.983. The normalized spacial score (nSPS) is 9.69. The Morgan fingerprint density at radius 1 is 1.54 bits per heavy atom. The molecule has 0 aromatic carbocycles.